The molecule has 1 aromatic heterocycles. The Morgan fingerprint density at radius 3 is 2.40 bits per heavy atom. The zero-order valence-electron chi connectivity index (χ0n) is 14.4. The van der Waals surface area contributed by atoms with Gasteiger partial charge in [-0.3, -0.25) is 0 Å². The monoisotopic (exact) mass is 352 g/mol. The molecule has 0 radical (unpaired) electrons. The zero-order valence-corrected chi connectivity index (χ0v) is 15.1. The van der Waals surface area contributed by atoms with Crippen LogP contribution in [0, 0.1) is 0 Å². The number of nitrogens with zero attached hydrogens (tertiary/aromatic N) is 3. The smallest absolute Gasteiger partial charge is 0.229 e. The average Bonchev–Trinajstić information content (AvgIpc) is 2.62. The van der Waals surface area contributed by atoms with Gasteiger partial charge in [-0.25, -0.2) is 4.98 Å². The minimum absolute atomic E-state index is 0.318. The second-order valence-electron chi connectivity index (χ2n) is 6.08. The summed E-state index contributed by atoms with van der Waals surface area (Å²) in [6.07, 6.45) is 1.78. The fourth-order valence-electron chi connectivity index (χ4n) is 2.54. The first-order chi connectivity index (χ1) is 12.1. The van der Waals surface area contributed by atoms with E-state index in [-0.39, 0.29) is 0 Å². The van der Waals surface area contributed by atoms with Gasteiger partial charge in [0.2, 0.25) is 5.95 Å². The molecule has 128 valence electrons. The number of aromatic nitrogens is 2. The Morgan fingerprint density at radius 2 is 1.72 bits per heavy atom. The molecule has 0 bridgehead atoms. The summed E-state index contributed by atoms with van der Waals surface area (Å²) in [5, 5.41) is 3.92. The number of hydrogen-bond acceptors (Lipinski definition) is 4. The van der Waals surface area contributed by atoms with E-state index in [2.05, 4.69) is 58.3 Å². The molecule has 2 aromatic carbocycles. The van der Waals surface area contributed by atoms with Gasteiger partial charge < -0.3 is 10.2 Å². The highest BCUT2D eigenvalue weighted by Gasteiger charge is 2.13. The summed E-state index contributed by atoms with van der Waals surface area (Å²) < 4.78 is 0. The van der Waals surface area contributed by atoms with Crippen LogP contribution in [0.5, 0.6) is 0 Å². The van der Waals surface area contributed by atoms with Crippen molar-refractivity contribution in [1.29, 1.82) is 0 Å². The number of halogens is 1. The Kier molecular flexibility index (Phi) is 5.51. The van der Waals surface area contributed by atoms with Crippen LogP contribution >= 0.6 is 11.6 Å². The first-order valence-electron chi connectivity index (χ1n) is 8.28. The van der Waals surface area contributed by atoms with Crippen LogP contribution in [0.3, 0.4) is 0 Å². The van der Waals surface area contributed by atoms with E-state index in [4.69, 9.17) is 11.6 Å². The number of nitrogens with one attached hydrogen (secondary N) is 1. The van der Waals surface area contributed by atoms with Crippen LogP contribution in [0.15, 0.2) is 66.9 Å². The van der Waals surface area contributed by atoms with E-state index in [9.17, 15) is 0 Å². The molecular weight excluding hydrogens is 332 g/mol. The Labute approximate surface area is 153 Å². The summed E-state index contributed by atoms with van der Waals surface area (Å²) in [5.41, 5.74) is 2.16. The number of rotatable bonds is 6. The van der Waals surface area contributed by atoms with Gasteiger partial charge in [0.05, 0.1) is 0 Å². The van der Waals surface area contributed by atoms with Crippen LogP contribution in [-0.4, -0.2) is 16.0 Å². The lowest BCUT2D eigenvalue weighted by molar-refractivity contribution is 0.672. The molecule has 0 spiro atoms. The van der Waals surface area contributed by atoms with E-state index in [1.807, 2.05) is 36.4 Å². The first-order valence-corrected chi connectivity index (χ1v) is 8.66. The van der Waals surface area contributed by atoms with Crippen molar-refractivity contribution >= 4 is 29.1 Å². The summed E-state index contributed by atoms with van der Waals surface area (Å²) in [4.78, 5) is 11.3. The third kappa shape index (κ3) is 4.70. The molecule has 0 atom stereocenters. The fourth-order valence-corrected chi connectivity index (χ4v) is 2.67. The van der Waals surface area contributed by atoms with Crippen LogP contribution in [0.25, 0.3) is 0 Å². The van der Waals surface area contributed by atoms with Crippen molar-refractivity contribution in [2.45, 2.75) is 26.4 Å². The van der Waals surface area contributed by atoms with Crippen LogP contribution in [0.2, 0.25) is 5.02 Å². The predicted octanol–water partition coefficient (Wildman–Crippen LogP) is 5.29. The standard InChI is InChI=1S/C20H21ClN4/c1-15(2)25(14-16-6-4-3-5-7-16)19-12-13-22-20(24-19)23-18-10-8-17(21)9-11-18/h3-13,15H,14H2,1-2H3,(H,22,23,24). The van der Waals surface area contributed by atoms with Gasteiger partial charge in [-0.1, -0.05) is 41.9 Å². The van der Waals surface area contributed by atoms with Gasteiger partial charge in [0.15, 0.2) is 0 Å². The quantitative estimate of drug-likeness (QED) is 0.654. The maximum atomic E-state index is 5.93. The van der Waals surface area contributed by atoms with Crippen molar-refractivity contribution < 1.29 is 0 Å². The molecule has 3 rings (SSSR count). The van der Waals surface area contributed by atoms with Gasteiger partial charge in [-0.05, 0) is 49.7 Å². The van der Waals surface area contributed by atoms with Gasteiger partial charge >= 0.3 is 0 Å². The summed E-state index contributed by atoms with van der Waals surface area (Å²) in [6, 6.07) is 20.1. The SMILES string of the molecule is CC(C)N(Cc1ccccc1)c1ccnc(Nc2ccc(Cl)cc2)n1. The van der Waals surface area contributed by atoms with Gasteiger partial charge in [0, 0.05) is 29.5 Å². The molecule has 1 N–H and O–H groups in total. The van der Waals surface area contributed by atoms with Crippen LogP contribution in [0.4, 0.5) is 17.5 Å². The van der Waals surface area contributed by atoms with Crippen molar-refractivity contribution in [3.63, 3.8) is 0 Å². The number of benzene rings is 2. The first kappa shape index (κ1) is 17.2. The van der Waals surface area contributed by atoms with Crippen LogP contribution in [-0.2, 0) is 6.54 Å². The lowest BCUT2D eigenvalue weighted by atomic mass is 10.2. The lowest BCUT2D eigenvalue weighted by Gasteiger charge is -2.28. The highest BCUT2D eigenvalue weighted by Crippen LogP contribution is 2.21. The second-order valence-corrected chi connectivity index (χ2v) is 6.51. The second kappa shape index (κ2) is 7.99. The number of hydrogen-bond donors (Lipinski definition) is 1. The minimum Gasteiger partial charge on any atom is -0.350 e. The highest BCUT2D eigenvalue weighted by atomic mass is 35.5. The van der Waals surface area contributed by atoms with Crippen molar-refractivity contribution in [1.82, 2.24) is 9.97 Å². The van der Waals surface area contributed by atoms with Crippen molar-refractivity contribution in [3.05, 3.63) is 77.4 Å². The third-order valence-electron chi connectivity index (χ3n) is 3.85. The molecule has 0 aliphatic carbocycles. The fraction of sp³-hybridized carbons (Fsp3) is 0.200. The Balaban J connectivity index is 1.81. The third-order valence-corrected chi connectivity index (χ3v) is 4.11. The molecule has 4 nitrogen and oxygen atoms in total. The number of anilines is 3. The van der Waals surface area contributed by atoms with E-state index in [0.29, 0.717) is 17.0 Å². The molecular formula is C20H21ClN4. The highest BCUT2D eigenvalue weighted by molar-refractivity contribution is 6.30. The maximum Gasteiger partial charge on any atom is 0.229 e. The summed E-state index contributed by atoms with van der Waals surface area (Å²) in [5.74, 6) is 1.46. The van der Waals surface area contributed by atoms with E-state index < -0.39 is 0 Å². The van der Waals surface area contributed by atoms with Crippen molar-refractivity contribution in [3.8, 4) is 0 Å². The minimum atomic E-state index is 0.318. The van der Waals surface area contributed by atoms with Gasteiger partial charge in [-0.2, -0.15) is 4.98 Å². The molecule has 0 aliphatic rings. The van der Waals surface area contributed by atoms with Crippen LogP contribution in [0.1, 0.15) is 19.4 Å². The average molecular weight is 353 g/mol. The Hall–Kier alpha value is -2.59. The normalized spacial score (nSPS) is 10.7. The largest absolute Gasteiger partial charge is 0.350 e. The van der Waals surface area contributed by atoms with Crippen LogP contribution < -0.4 is 10.2 Å². The van der Waals surface area contributed by atoms with Gasteiger partial charge in [-0.15, -0.1) is 0 Å². The lowest BCUT2D eigenvalue weighted by Crippen LogP contribution is -2.31. The zero-order chi connectivity index (χ0) is 17.6. The molecule has 0 aliphatic heterocycles. The van der Waals surface area contributed by atoms with E-state index in [0.717, 1.165) is 18.1 Å². The molecule has 3 aromatic rings. The molecule has 5 heteroatoms. The molecule has 0 unspecified atom stereocenters. The topological polar surface area (TPSA) is 41.1 Å². The van der Waals surface area contributed by atoms with Gasteiger partial charge in [0.25, 0.3) is 0 Å². The summed E-state index contributed by atoms with van der Waals surface area (Å²) >= 11 is 5.93. The van der Waals surface area contributed by atoms with Crippen molar-refractivity contribution in [2.75, 3.05) is 10.2 Å². The predicted molar refractivity (Wildman–Crippen MR) is 105 cm³/mol. The molecule has 0 saturated carbocycles. The molecule has 1 heterocycles. The Bertz CT molecular complexity index is 803. The molecule has 0 fully saturated rings. The molecule has 0 saturated heterocycles. The van der Waals surface area contributed by atoms with E-state index in [1.165, 1.54) is 5.56 Å². The van der Waals surface area contributed by atoms with E-state index >= 15 is 0 Å². The maximum absolute atomic E-state index is 5.93. The summed E-state index contributed by atoms with van der Waals surface area (Å²) in [6.45, 7) is 5.13. The molecule has 25 heavy (non-hydrogen) atoms. The van der Waals surface area contributed by atoms with E-state index in [1.54, 1.807) is 6.20 Å². The van der Waals surface area contributed by atoms with Gasteiger partial charge in [0.1, 0.15) is 5.82 Å². The Morgan fingerprint density at radius 1 is 1.00 bits per heavy atom. The molecule has 0 amide bonds. The van der Waals surface area contributed by atoms with Crippen molar-refractivity contribution in [2.24, 2.45) is 0 Å². The summed E-state index contributed by atoms with van der Waals surface area (Å²) in [7, 11) is 0.